The van der Waals surface area contributed by atoms with Crippen molar-refractivity contribution < 1.29 is 38.5 Å². The van der Waals surface area contributed by atoms with E-state index in [0.717, 1.165) is 5.56 Å². The number of carbonyl (C=O) groups is 4. The lowest BCUT2D eigenvalue weighted by atomic mass is 9.81. The molecule has 1 aliphatic carbocycles. The predicted octanol–water partition coefficient (Wildman–Crippen LogP) is 1.71. The standard InChI is InChI=1S/C35H40FN5O8/c1-6-35(48)24-11-28-32-22(14-41(28)33(46)23(24)16-49-34(35)47)31-26(8-7-21-18(3)25(36)12-27(38-32)30(21)31)37-29(45)15-40(20(5)44)10-9-39(19(4)43)13-17(2)42/h11-12,17,26,42,48H,6-10,13-16H2,1-5H3,(H,37,45)/t17?,26-,35-/m0/s1. The van der Waals surface area contributed by atoms with Crippen LogP contribution in [0.5, 0.6) is 0 Å². The molecule has 3 aliphatic rings. The minimum Gasteiger partial charge on any atom is -0.458 e. The van der Waals surface area contributed by atoms with Gasteiger partial charge in [0.1, 0.15) is 12.4 Å². The van der Waals surface area contributed by atoms with Crippen LogP contribution in [-0.4, -0.2) is 85.5 Å². The van der Waals surface area contributed by atoms with Gasteiger partial charge in [-0.25, -0.2) is 14.2 Å². The number of fused-ring (bicyclic) bond motifs is 5. The summed E-state index contributed by atoms with van der Waals surface area (Å²) in [6.07, 6.45) is 0.0917. The lowest BCUT2D eigenvalue weighted by Crippen LogP contribution is -2.46. The second-order valence-electron chi connectivity index (χ2n) is 13.2. The van der Waals surface area contributed by atoms with Crippen molar-refractivity contribution in [2.75, 3.05) is 26.2 Å². The highest BCUT2D eigenvalue weighted by atomic mass is 19.1. The summed E-state index contributed by atoms with van der Waals surface area (Å²) in [6.45, 7) is 7.41. The zero-order valence-corrected chi connectivity index (χ0v) is 28.2. The van der Waals surface area contributed by atoms with E-state index in [1.165, 1.54) is 34.3 Å². The third-order valence-electron chi connectivity index (χ3n) is 10.1. The number of esters is 1. The Bertz CT molecular complexity index is 1990. The molecule has 4 heterocycles. The van der Waals surface area contributed by atoms with Gasteiger partial charge in [-0.2, -0.15) is 0 Å². The normalized spacial score (nSPS) is 19.4. The summed E-state index contributed by atoms with van der Waals surface area (Å²) in [5, 5.41) is 24.8. The summed E-state index contributed by atoms with van der Waals surface area (Å²) in [7, 11) is 0. The van der Waals surface area contributed by atoms with Crippen molar-refractivity contribution in [2.24, 2.45) is 0 Å². The Morgan fingerprint density at radius 2 is 1.84 bits per heavy atom. The number of nitrogens with zero attached hydrogens (tertiary/aromatic N) is 4. The van der Waals surface area contributed by atoms with Gasteiger partial charge in [-0.05, 0) is 55.9 Å². The molecule has 3 N–H and O–H groups in total. The van der Waals surface area contributed by atoms with Crippen LogP contribution in [-0.2, 0) is 49.1 Å². The number of aryl methyl sites for hydroxylation is 1. The number of hydrogen-bond donors (Lipinski definition) is 3. The predicted molar refractivity (Wildman–Crippen MR) is 175 cm³/mol. The van der Waals surface area contributed by atoms with Gasteiger partial charge in [0, 0.05) is 56.1 Å². The molecule has 0 fully saturated rings. The van der Waals surface area contributed by atoms with Crippen LogP contribution in [0.15, 0.2) is 16.9 Å². The minimum atomic E-state index is -2.01. The molecule has 1 aromatic carbocycles. The number of carbonyl (C=O) groups excluding carboxylic acids is 4. The van der Waals surface area contributed by atoms with Crippen LogP contribution in [0.25, 0.3) is 22.3 Å². The monoisotopic (exact) mass is 677 g/mol. The molecule has 2 aromatic heterocycles. The fourth-order valence-corrected chi connectivity index (χ4v) is 7.40. The van der Waals surface area contributed by atoms with Gasteiger partial charge < -0.3 is 34.6 Å². The van der Waals surface area contributed by atoms with E-state index in [2.05, 4.69) is 5.32 Å². The van der Waals surface area contributed by atoms with Gasteiger partial charge in [0.15, 0.2) is 5.60 Å². The number of amides is 3. The largest absolute Gasteiger partial charge is 0.458 e. The summed E-state index contributed by atoms with van der Waals surface area (Å²) < 4.78 is 21.9. The molecule has 3 aromatic rings. The molecule has 13 nitrogen and oxygen atoms in total. The summed E-state index contributed by atoms with van der Waals surface area (Å²) in [6, 6.07) is 2.36. The van der Waals surface area contributed by atoms with Crippen molar-refractivity contribution in [3.63, 3.8) is 0 Å². The molecule has 0 radical (unpaired) electrons. The molecule has 0 spiro atoms. The first-order chi connectivity index (χ1) is 23.2. The van der Waals surface area contributed by atoms with Crippen LogP contribution >= 0.6 is 0 Å². The van der Waals surface area contributed by atoms with E-state index >= 15 is 4.39 Å². The van der Waals surface area contributed by atoms with Gasteiger partial charge in [0.05, 0.1) is 47.7 Å². The number of aliphatic hydroxyl groups is 2. The molecular formula is C35H40FN5O8. The number of benzene rings is 1. The summed E-state index contributed by atoms with van der Waals surface area (Å²) >= 11 is 0. The Morgan fingerprint density at radius 3 is 2.49 bits per heavy atom. The number of aliphatic hydroxyl groups excluding tert-OH is 1. The van der Waals surface area contributed by atoms with Crippen molar-refractivity contribution in [2.45, 2.75) is 84.8 Å². The zero-order chi connectivity index (χ0) is 35.5. The van der Waals surface area contributed by atoms with E-state index < -0.39 is 41.0 Å². The molecule has 0 bridgehead atoms. The number of halogens is 1. The fraction of sp³-hybridized carbons (Fsp3) is 0.486. The highest BCUT2D eigenvalue weighted by molar-refractivity contribution is 5.94. The second-order valence-corrected chi connectivity index (χ2v) is 13.2. The van der Waals surface area contributed by atoms with Crippen LogP contribution in [0.1, 0.15) is 80.0 Å². The van der Waals surface area contributed by atoms with E-state index in [4.69, 9.17) is 9.72 Å². The first-order valence-electron chi connectivity index (χ1n) is 16.5. The van der Waals surface area contributed by atoms with Gasteiger partial charge >= 0.3 is 5.97 Å². The Balaban J connectivity index is 1.39. The SMILES string of the molecule is CC[C@@]1(O)C(=O)OCc2c1cc1n(c2=O)Cc2c-1nc1cc(F)c(C)c3c1c2[C@@H](NC(=O)CN(CCN(CC(C)O)C(C)=O)C(C)=O)CC3. The lowest BCUT2D eigenvalue weighted by molar-refractivity contribution is -0.172. The van der Waals surface area contributed by atoms with Crippen LogP contribution in [0.4, 0.5) is 4.39 Å². The first-order valence-corrected chi connectivity index (χ1v) is 16.5. The highest BCUT2D eigenvalue weighted by Crippen LogP contribution is 2.46. The number of hydrogen-bond acceptors (Lipinski definition) is 9. The van der Waals surface area contributed by atoms with Gasteiger partial charge in [-0.3, -0.25) is 19.2 Å². The van der Waals surface area contributed by atoms with E-state index in [1.54, 1.807) is 26.8 Å². The van der Waals surface area contributed by atoms with Crippen molar-refractivity contribution in [1.29, 1.82) is 0 Å². The van der Waals surface area contributed by atoms with Crippen molar-refractivity contribution in [3.05, 3.63) is 61.7 Å². The number of nitrogens with one attached hydrogen (secondary N) is 1. The zero-order valence-electron chi connectivity index (χ0n) is 28.2. The highest BCUT2D eigenvalue weighted by Gasteiger charge is 2.46. The van der Waals surface area contributed by atoms with E-state index in [1.807, 2.05) is 0 Å². The third kappa shape index (κ3) is 5.76. The van der Waals surface area contributed by atoms with E-state index in [0.29, 0.717) is 51.8 Å². The smallest absolute Gasteiger partial charge is 0.343 e. The fourth-order valence-electron chi connectivity index (χ4n) is 7.40. The molecule has 0 saturated carbocycles. The Kier molecular flexibility index (Phi) is 8.82. The molecule has 6 rings (SSSR count). The summed E-state index contributed by atoms with van der Waals surface area (Å²) in [5.41, 5.74) is 1.59. The molecule has 260 valence electrons. The van der Waals surface area contributed by atoms with Crippen LogP contribution in [0.2, 0.25) is 0 Å². The van der Waals surface area contributed by atoms with Gasteiger partial charge in [-0.1, -0.05) is 6.92 Å². The van der Waals surface area contributed by atoms with E-state index in [9.17, 15) is 34.2 Å². The maximum absolute atomic E-state index is 15.2. The lowest BCUT2D eigenvalue weighted by Gasteiger charge is -2.31. The molecule has 1 unspecified atom stereocenters. The minimum absolute atomic E-state index is 0.0163. The maximum atomic E-state index is 15.2. The number of pyridine rings is 2. The molecule has 49 heavy (non-hydrogen) atoms. The van der Waals surface area contributed by atoms with Crippen LogP contribution < -0.4 is 10.9 Å². The van der Waals surface area contributed by atoms with Crippen LogP contribution in [0.3, 0.4) is 0 Å². The van der Waals surface area contributed by atoms with Crippen LogP contribution in [0, 0.1) is 12.7 Å². The maximum Gasteiger partial charge on any atom is 0.343 e. The van der Waals surface area contributed by atoms with Crippen molar-refractivity contribution in [3.8, 4) is 11.4 Å². The average molecular weight is 678 g/mol. The Morgan fingerprint density at radius 1 is 1.14 bits per heavy atom. The second kappa shape index (κ2) is 12.6. The molecule has 2 aliphatic heterocycles. The molecule has 3 atom stereocenters. The Hall–Kier alpha value is -4.69. The number of cyclic esters (lactones) is 1. The molecule has 14 heteroatoms. The third-order valence-corrected chi connectivity index (χ3v) is 10.1. The molecule has 0 saturated heterocycles. The Labute approximate surface area is 281 Å². The van der Waals surface area contributed by atoms with Crippen molar-refractivity contribution >= 4 is 34.6 Å². The molecule has 3 amide bonds. The number of aromatic nitrogens is 2. The summed E-state index contributed by atoms with van der Waals surface area (Å²) in [5.74, 6) is -2.35. The van der Waals surface area contributed by atoms with Gasteiger partial charge in [-0.15, -0.1) is 0 Å². The number of ether oxygens (including phenoxy) is 1. The summed E-state index contributed by atoms with van der Waals surface area (Å²) in [4.78, 5) is 72.2. The number of rotatable bonds is 9. The van der Waals surface area contributed by atoms with E-state index in [-0.39, 0.29) is 68.7 Å². The molecular weight excluding hydrogens is 637 g/mol. The first kappa shape index (κ1) is 34.2. The van der Waals surface area contributed by atoms with Crippen molar-refractivity contribution in [1.82, 2.24) is 24.7 Å². The quantitative estimate of drug-likeness (QED) is 0.223. The topological polar surface area (TPSA) is 171 Å². The van der Waals surface area contributed by atoms with Gasteiger partial charge in [0.2, 0.25) is 17.7 Å². The average Bonchev–Trinajstić information content (AvgIpc) is 3.41. The van der Waals surface area contributed by atoms with Gasteiger partial charge in [0.25, 0.3) is 5.56 Å².